The van der Waals surface area contributed by atoms with Crippen LogP contribution in [0.3, 0.4) is 0 Å². The average Bonchev–Trinajstić information content (AvgIpc) is 3.27. The first-order valence-corrected chi connectivity index (χ1v) is 13.3. The van der Waals surface area contributed by atoms with Crippen molar-refractivity contribution in [1.82, 2.24) is 0 Å². The molecule has 5 rings (SSSR count). The van der Waals surface area contributed by atoms with E-state index in [1.807, 2.05) is 0 Å². The highest BCUT2D eigenvalue weighted by molar-refractivity contribution is 5.86. The minimum Gasteiger partial charge on any atom is -0.299 e. The quantitative estimate of drug-likeness (QED) is 0.418. The molecule has 5 saturated carbocycles. The van der Waals surface area contributed by atoms with Crippen LogP contribution in [-0.4, -0.2) is 5.78 Å². The van der Waals surface area contributed by atoms with Crippen LogP contribution in [0.4, 0.5) is 0 Å². The summed E-state index contributed by atoms with van der Waals surface area (Å²) >= 11 is 0. The van der Waals surface area contributed by atoms with Gasteiger partial charge in [-0.25, -0.2) is 0 Å². The maximum atomic E-state index is 12.8. The van der Waals surface area contributed by atoms with Gasteiger partial charge in [0.15, 0.2) is 0 Å². The molecular weight excluding hydrogens is 376 g/mol. The lowest BCUT2D eigenvalue weighted by molar-refractivity contribution is -0.156. The third-order valence-corrected chi connectivity index (χ3v) is 12.5. The zero-order valence-corrected chi connectivity index (χ0v) is 21.2. The molecule has 172 valence electrons. The molecule has 1 nitrogen and oxygen atoms in total. The SMILES string of the molecule is C=C(C)/C=C/C[C@H](C)[C@H]1CC[C@@]2(C)[C@@H]3CC[C@H]4C(C)(C)C(=O)CC[C@@]45C[C@@]35CC[C@]12C. The van der Waals surface area contributed by atoms with Crippen molar-refractivity contribution in [2.24, 2.45) is 50.7 Å². The molecule has 0 aromatic rings. The van der Waals surface area contributed by atoms with E-state index < -0.39 is 0 Å². The first-order chi connectivity index (χ1) is 14.4. The lowest BCUT2D eigenvalue weighted by Crippen LogP contribution is -2.57. The maximum Gasteiger partial charge on any atom is 0.138 e. The molecule has 0 aromatic heterocycles. The number of carbonyl (C=O) groups is 1. The van der Waals surface area contributed by atoms with Gasteiger partial charge in [-0.15, -0.1) is 0 Å². The molecule has 0 N–H and O–H groups in total. The van der Waals surface area contributed by atoms with Crippen LogP contribution in [0.15, 0.2) is 24.3 Å². The molecule has 2 spiro atoms. The number of hydrogen-bond donors (Lipinski definition) is 0. The summed E-state index contributed by atoms with van der Waals surface area (Å²) in [6, 6.07) is 0. The van der Waals surface area contributed by atoms with Crippen molar-refractivity contribution in [3.8, 4) is 0 Å². The minimum atomic E-state index is -0.0866. The number of fused-ring (bicyclic) bond motifs is 2. The molecule has 0 saturated heterocycles. The Morgan fingerprint density at radius 3 is 2.39 bits per heavy atom. The molecule has 0 amide bonds. The average molecular weight is 423 g/mol. The molecule has 5 aliphatic carbocycles. The molecule has 5 aliphatic rings. The molecule has 0 aromatic carbocycles. The fourth-order valence-corrected chi connectivity index (χ4v) is 10.8. The number of carbonyl (C=O) groups excluding carboxylic acids is 1. The third kappa shape index (κ3) is 2.59. The molecule has 0 heterocycles. The predicted molar refractivity (Wildman–Crippen MR) is 130 cm³/mol. The number of rotatable bonds is 4. The molecular formula is C30H46O. The zero-order valence-electron chi connectivity index (χ0n) is 21.2. The Labute approximate surface area is 191 Å². The Kier molecular flexibility index (Phi) is 4.68. The highest BCUT2D eigenvalue weighted by atomic mass is 16.1. The van der Waals surface area contributed by atoms with Crippen LogP contribution < -0.4 is 0 Å². The fraction of sp³-hybridized carbons (Fsp3) is 0.833. The summed E-state index contributed by atoms with van der Waals surface area (Å²) in [6.45, 7) is 18.6. The molecule has 1 heteroatoms. The number of allylic oxidation sites excluding steroid dienone is 3. The van der Waals surface area contributed by atoms with Crippen molar-refractivity contribution in [3.63, 3.8) is 0 Å². The van der Waals surface area contributed by atoms with Gasteiger partial charge in [-0.1, -0.05) is 58.9 Å². The Bertz CT molecular complexity index is 833. The second-order valence-corrected chi connectivity index (χ2v) is 13.8. The highest BCUT2D eigenvalue weighted by Crippen LogP contribution is 2.88. The second kappa shape index (κ2) is 6.60. The number of hydrogen-bond acceptors (Lipinski definition) is 1. The van der Waals surface area contributed by atoms with E-state index in [-0.39, 0.29) is 5.41 Å². The summed E-state index contributed by atoms with van der Waals surface area (Å²) < 4.78 is 0. The van der Waals surface area contributed by atoms with E-state index in [0.717, 1.165) is 24.2 Å². The third-order valence-electron chi connectivity index (χ3n) is 12.5. The van der Waals surface area contributed by atoms with Gasteiger partial charge in [-0.3, -0.25) is 4.79 Å². The van der Waals surface area contributed by atoms with Gasteiger partial charge < -0.3 is 0 Å². The van der Waals surface area contributed by atoms with Gasteiger partial charge in [0.05, 0.1) is 0 Å². The normalized spacial score (nSPS) is 50.9. The van der Waals surface area contributed by atoms with Crippen molar-refractivity contribution in [1.29, 1.82) is 0 Å². The van der Waals surface area contributed by atoms with Gasteiger partial charge >= 0.3 is 0 Å². The van der Waals surface area contributed by atoms with Gasteiger partial charge in [-0.2, -0.15) is 0 Å². The Morgan fingerprint density at radius 1 is 1.00 bits per heavy atom. The van der Waals surface area contributed by atoms with Crippen LogP contribution in [0.1, 0.15) is 106 Å². The molecule has 8 atom stereocenters. The Balaban J connectivity index is 1.43. The highest BCUT2D eigenvalue weighted by Gasteiger charge is 2.82. The van der Waals surface area contributed by atoms with E-state index in [1.165, 1.54) is 63.4 Å². The minimum absolute atomic E-state index is 0.0866. The Hall–Kier alpha value is -0.850. The fourth-order valence-electron chi connectivity index (χ4n) is 10.8. The summed E-state index contributed by atoms with van der Waals surface area (Å²) in [5.41, 5.74) is 3.12. The first kappa shape index (κ1) is 22.0. The van der Waals surface area contributed by atoms with Crippen LogP contribution in [0, 0.1) is 50.7 Å². The summed E-state index contributed by atoms with van der Waals surface area (Å²) in [7, 11) is 0. The van der Waals surface area contributed by atoms with Gasteiger partial charge in [0, 0.05) is 11.8 Å². The van der Waals surface area contributed by atoms with Crippen molar-refractivity contribution in [3.05, 3.63) is 24.3 Å². The van der Waals surface area contributed by atoms with Crippen molar-refractivity contribution < 1.29 is 4.79 Å². The molecule has 0 bridgehead atoms. The molecule has 0 unspecified atom stereocenters. The van der Waals surface area contributed by atoms with Gasteiger partial charge in [0.1, 0.15) is 5.78 Å². The monoisotopic (exact) mass is 422 g/mol. The van der Waals surface area contributed by atoms with Crippen LogP contribution in [0.5, 0.6) is 0 Å². The largest absolute Gasteiger partial charge is 0.299 e. The topological polar surface area (TPSA) is 17.1 Å². The summed E-state index contributed by atoms with van der Waals surface area (Å²) in [4.78, 5) is 12.8. The Morgan fingerprint density at radius 2 is 1.68 bits per heavy atom. The van der Waals surface area contributed by atoms with Crippen molar-refractivity contribution >= 4 is 5.78 Å². The molecule has 0 radical (unpaired) electrons. The van der Waals surface area contributed by atoms with Gasteiger partial charge in [0.25, 0.3) is 0 Å². The van der Waals surface area contributed by atoms with Crippen molar-refractivity contribution in [2.45, 2.75) is 106 Å². The molecule has 0 aliphatic heterocycles. The van der Waals surface area contributed by atoms with E-state index in [0.29, 0.717) is 33.4 Å². The van der Waals surface area contributed by atoms with Crippen LogP contribution in [-0.2, 0) is 4.79 Å². The lowest BCUT2D eigenvalue weighted by Gasteiger charge is -2.62. The van der Waals surface area contributed by atoms with E-state index in [2.05, 4.69) is 60.3 Å². The van der Waals surface area contributed by atoms with Crippen molar-refractivity contribution in [2.75, 3.05) is 0 Å². The van der Waals surface area contributed by atoms with Crippen LogP contribution in [0.25, 0.3) is 0 Å². The zero-order chi connectivity index (χ0) is 22.4. The number of ketones is 1. The standard InChI is InChI=1S/C30H46O/c1-20(2)9-8-10-21(3)22-13-15-28(7)24-12-11-23-26(4,5)25(31)14-16-29(23)19-30(24,29)18-17-27(22,28)6/h8-9,21-24H,1,10-19H2,2-7H3/b9-8+/t21-,22+,23-,24-,27+,28-,29+,30-/m0/s1. The lowest BCUT2D eigenvalue weighted by atomic mass is 9.42. The second-order valence-electron chi connectivity index (χ2n) is 13.8. The summed E-state index contributed by atoms with van der Waals surface area (Å²) in [6.07, 6.45) is 17.7. The smallest absolute Gasteiger partial charge is 0.138 e. The molecule has 5 fully saturated rings. The van der Waals surface area contributed by atoms with Crippen LogP contribution in [0.2, 0.25) is 0 Å². The van der Waals surface area contributed by atoms with E-state index in [1.54, 1.807) is 0 Å². The van der Waals surface area contributed by atoms with Gasteiger partial charge in [-0.05, 0) is 110 Å². The van der Waals surface area contributed by atoms with E-state index in [4.69, 9.17) is 0 Å². The molecule has 31 heavy (non-hydrogen) atoms. The predicted octanol–water partition coefficient (Wildman–Crippen LogP) is 8.15. The van der Waals surface area contributed by atoms with E-state index >= 15 is 0 Å². The summed E-state index contributed by atoms with van der Waals surface area (Å²) in [5, 5.41) is 0. The number of Topliss-reactive ketones (excluding diaryl/α,β-unsaturated/α-hetero) is 1. The van der Waals surface area contributed by atoms with Crippen LogP contribution >= 0.6 is 0 Å². The first-order valence-electron chi connectivity index (χ1n) is 13.3. The summed E-state index contributed by atoms with van der Waals surface area (Å²) in [5.74, 6) is 3.69. The van der Waals surface area contributed by atoms with Gasteiger partial charge in [0.2, 0.25) is 0 Å². The maximum absolute atomic E-state index is 12.8. The van der Waals surface area contributed by atoms with E-state index in [9.17, 15) is 4.79 Å².